The van der Waals surface area contributed by atoms with Crippen molar-refractivity contribution in [2.45, 2.75) is 18.0 Å². The zero-order chi connectivity index (χ0) is 17.2. The Morgan fingerprint density at radius 1 is 1.08 bits per heavy atom. The van der Waals surface area contributed by atoms with Crippen molar-refractivity contribution in [3.63, 3.8) is 0 Å². The minimum atomic E-state index is -4.02. The molecule has 8 heteroatoms. The fourth-order valence-electron chi connectivity index (χ4n) is 2.17. The van der Waals surface area contributed by atoms with Gasteiger partial charge in [-0.2, -0.15) is 15.6 Å². The molecule has 0 bridgehead atoms. The van der Waals surface area contributed by atoms with Crippen LogP contribution in [0.2, 0.25) is 0 Å². The first kappa shape index (κ1) is 16.8. The Hall–Kier alpha value is -2.03. The van der Waals surface area contributed by atoms with Crippen molar-refractivity contribution in [1.82, 2.24) is 4.31 Å². The van der Waals surface area contributed by atoms with E-state index in [9.17, 15) is 17.2 Å². The Balaban J connectivity index is 1.97. The summed E-state index contributed by atoms with van der Waals surface area (Å²) < 4.78 is 58.6. The molecule has 3 rings (SSSR count). The minimum absolute atomic E-state index is 0.00975. The summed E-state index contributed by atoms with van der Waals surface area (Å²) >= 11 is 1.45. The van der Waals surface area contributed by atoms with E-state index in [1.807, 2.05) is 10.8 Å². The number of sulfonamides is 1. The van der Waals surface area contributed by atoms with Crippen LogP contribution in [0.3, 0.4) is 0 Å². The van der Waals surface area contributed by atoms with Crippen LogP contribution in [-0.4, -0.2) is 12.7 Å². The maximum atomic E-state index is 13.5. The van der Waals surface area contributed by atoms with E-state index < -0.39 is 21.7 Å². The van der Waals surface area contributed by atoms with Crippen molar-refractivity contribution < 1.29 is 21.6 Å². The third-order valence-electron chi connectivity index (χ3n) is 3.38. The molecule has 0 aliphatic carbocycles. The normalized spacial score (nSPS) is 12.0. The van der Waals surface area contributed by atoms with Gasteiger partial charge in [0.1, 0.15) is 5.76 Å². The van der Waals surface area contributed by atoms with E-state index in [2.05, 4.69) is 0 Å². The maximum absolute atomic E-state index is 13.5. The van der Waals surface area contributed by atoms with Gasteiger partial charge < -0.3 is 4.42 Å². The summed E-state index contributed by atoms with van der Waals surface area (Å²) in [6.07, 6.45) is 1.45. The van der Waals surface area contributed by atoms with Gasteiger partial charge in [-0.3, -0.25) is 0 Å². The highest BCUT2D eigenvalue weighted by Gasteiger charge is 2.27. The molecule has 2 aromatic heterocycles. The van der Waals surface area contributed by atoms with Crippen molar-refractivity contribution >= 4 is 21.4 Å². The second-order valence-corrected chi connectivity index (χ2v) is 7.78. The molecule has 0 amide bonds. The molecular weight excluding hydrogens is 356 g/mol. The van der Waals surface area contributed by atoms with Crippen LogP contribution in [0.25, 0.3) is 0 Å². The molecule has 0 unspecified atom stereocenters. The van der Waals surface area contributed by atoms with Crippen LogP contribution < -0.4 is 0 Å². The lowest BCUT2D eigenvalue weighted by atomic mass is 10.3. The van der Waals surface area contributed by atoms with E-state index >= 15 is 0 Å². The lowest BCUT2D eigenvalue weighted by Gasteiger charge is -2.21. The lowest BCUT2D eigenvalue weighted by Crippen LogP contribution is -2.30. The smallest absolute Gasteiger partial charge is 0.243 e. The van der Waals surface area contributed by atoms with Gasteiger partial charge in [0.15, 0.2) is 11.6 Å². The maximum Gasteiger partial charge on any atom is 0.243 e. The molecule has 0 atom stereocenters. The molecular formula is C16H13F2NO3S2. The van der Waals surface area contributed by atoms with Crippen LogP contribution in [0.1, 0.15) is 11.3 Å². The predicted molar refractivity (Wildman–Crippen MR) is 85.8 cm³/mol. The zero-order valence-corrected chi connectivity index (χ0v) is 14.0. The highest BCUT2D eigenvalue weighted by atomic mass is 32.2. The number of halogens is 2. The highest BCUT2D eigenvalue weighted by Crippen LogP contribution is 2.23. The fraction of sp³-hybridized carbons (Fsp3) is 0.125. The van der Waals surface area contributed by atoms with E-state index in [0.717, 1.165) is 17.7 Å². The molecule has 2 heterocycles. The van der Waals surface area contributed by atoms with Crippen LogP contribution in [0.5, 0.6) is 0 Å². The summed E-state index contributed by atoms with van der Waals surface area (Å²) in [5.74, 6) is -1.84. The second-order valence-electron chi connectivity index (χ2n) is 5.06. The molecule has 1 aromatic carbocycles. The first-order chi connectivity index (χ1) is 11.5. The molecule has 3 aromatic rings. The number of furan rings is 1. The van der Waals surface area contributed by atoms with Gasteiger partial charge in [0.2, 0.25) is 10.0 Å². The van der Waals surface area contributed by atoms with E-state index in [4.69, 9.17) is 4.42 Å². The first-order valence-electron chi connectivity index (χ1n) is 6.95. The monoisotopic (exact) mass is 369 g/mol. The Bertz CT molecular complexity index is 871. The van der Waals surface area contributed by atoms with Crippen LogP contribution >= 0.6 is 11.3 Å². The average Bonchev–Trinajstić information content (AvgIpc) is 3.23. The third kappa shape index (κ3) is 3.55. The van der Waals surface area contributed by atoms with Crippen LogP contribution in [0.15, 0.2) is 62.7 Å². The van der Waals surface area contributed by atoms with Crippen LogP contribution in [-0.2, 0) is 23.1 Å². The van der Waals surface area contributed by atoms with E-state index in [0.29, 0.717) is 11.8 Å². The van der Waals surface area contributed by atoms with Crippen LogP contribution in [0, 0.1) is 11.6 Å². The summed E-state index contributed by atoms with van der Waals surface area (Å²) in [6, 6.07) is 7.66. The van der Waals surface area contributed by atoms with Gasteiger partial charge in [-0.25, -0.2) is 17.2 Å². The summed E-state index contributed by atoms with van der Waals surface area (Å²) in [4.78, 5) is -0.303. The topological polar surface area (TPSA) is 50.5 Å². The second kappa shape index (κ2) is 6.84. The number of thiophene rings is 1. The molecule has 0 radical (unpaired) electrons. The molecule has 0 fully saturated rings. The van der Waals surface area contributed by atoms with Gasteiger partial charge in [-0.1, -0.05) is 0 Å². The van der Waals surface area contributed by atoms with Gasteiger partial charge in [0.05, 0.1) is 17.7 Å². The number of hydrogen-bond donors (Lipinski definition) is 0. The van der Waals surface area contributed by atoms with Crippen molar-refractivity contribution in [2.24, 2.45) is 0 Å². The van der Waals surface area contributed by atoms with Crippen molar-refractivity contribution in [2.75, 3.05) is 0 Å². The SMILES string of the molecule is O=S(=O)(c1ccc(F)c(F)c1)N(Cc1ccsc1)Cc1ccco1. The van der Waals surface area contributed by atoms with E-state index in [-0.39, 0.29) is 18.0 Å². The molecule has 4 nitrogen and oxygen atoms in total. The largest absolute Gasteiger partial charge is 0.468 e. The molecule has 126 valence electrons. The van der Waals surface area contributed by atoms with Crippen LogP contribution in [0.4, 0.5) is 8.78 Å². The van der Waals surface area contributed by atoms with Crippen molar-refractivity contribution in [3.8, 4) is 0 Å². The molecule has 0 aliphatic rings. The fourth-order valence-corrected chi connectivity index (χ4v) is 4.24. The lowest BCUT2D eigenvalue weighted by molar-refractivity contribution is 0.358. The standard InChI is InChI=1S/C16H13F2NO3S2/c17-15-4-3-14(8-16(15)18)24(20,21)19(9-12-5-7-23-11-12)10-13-2-1-6-22-13/h1-8,11H,9-10H2. The van der Waals surface area contributed by atoms with E-state index in [1.165, 1.54) is 21.9 Å². The minimum Gasteiger partial charge on any atom is -0.468 e. The molecule has 24 heavy (non-hydrogen) atoms. The molecule has 0 saturated carbocycles. The Morgan fingerprint density at radius 2 is 1.92 bits per heavy atom. The van der Waals surface area contributed by atoms with Gasteiger partial charge >= 0.3 is 0 Å². The van der Waals surface area contributed by atoms with E-state index in [1.54, 1.807) is 18.2 Å². The van der Waals surface area contributed by atoms with Crippen molar-refractivity contribution in [3.05, 3.63) is 76.4 Å². The zero-order valence-electron chi connectivity index (χ0n) is 12.4. The third-order valence-corrected chi connectivity index (χ3v) is 5.90. The van der Waals surface area contributed by atoms with Gasteiger partial charge in [0.25, 0.3) is 0 Å². The first-order valence-corrected chi connectivity index (χ1v) is 9.34. The summed E-state index contributed by atoms with van der Waals surface area (Å²) in [6.45, 7) is 0.0930. The molecule has 0 spiro atoms. The summed E-state index contributed by atoms with van der Waals surface area (Å²) in [7, 11) is -4.02. The molecule has 0 aliphatic heterocycles. The Kier molecular flexibility index (Phi) is 4.79. The van der Waals surface area contributed by atoms with Gasteiger partial charge in [0, 0.05) is 6.54 Å². The quantitative estimate of drug-likeness (QED) is 0.660. The van der Waals surface area contributed by atoms with Gasteiger partial charge in [-0.05, 0) is 52.7 Å². The average molecular weight is 369 g/mol. The number of rotatable bonds is 6. The summed E-state index contributed by atoms with van der Waals surface area (Å²) in [5, 5.41) is 3.67. The number of benzene rings is 1. The molecule has 0 N–H and O–H groups in total. The Morgan fingerprint density at radius 3 is 2.54 bits per heavy atom. The predicted octanol–water partition coefficient (Wildman–Crippen LogP) is 4.01. The summed E-state index contributed by atoms with van der Waals surface area (Å²) in [5.41, 5.74) is 0.803. The highest BCUT2D eigenvalue weighted by molar-refractivity contribution is 7.89. The van der Waals surface area contributed by atoms with Crippen molar-refractivity contribution in [1.29, 1.82) is 0 Å². The Labute approximate surface area is 142 Å². The van der Waals surface area contributed by atoms with Gasteiger partial charge in [-0.15, -0.1) is 0 Å². The number of nitrogens with zero attached hydrogens (tertiary/aromatic N) is 1. The number of hydrogen-bond acceptors (Lipinski definition) is 4. The molecule has 0 saturated heterocycles.